The van der Waals surface area contributed by atoms with Gasteiger partial charge in [-0.3, -0.25) is 4.79 Å². The number of nitriles is 1. The lowest BCUT2D eigenvalue weighted by Gasteiger charge is -2.12. The lowest BCUT2D eigenvalue weighted by Crippen LogP contribution is -2.18. The van der Waals surface area contributed by atoms with Gasteiger partial charge in [0.1, 0.15) is 24.1 Å². The minimum Gasteiger partial charge on any atom is -0.487 e. The number of carboxylic acid groups (broad SMARTS) is 1. The monoisotopic (exact) mass is 425 g/mol. The fraction of sp³-hybridized carbons (Fsp3) is 0.0800. The van der Waals surface area contributed by atoms with Crippen molar-refractivity contribution in [3.63, 3.8) is 0 Å². The number of carbonyl (C=O) groups excluding carboxylic acids is 1. The fourth-order valence-corrected chi connectivity index (χ4v) is 3.58. The van der Waals surface area contributed by atoms with Crippen molar-refractivity contribution in [2.45, 2.75) is 6.61 Å². The predicted molar refractivity (Wildman–Crippen MR) is 120 cm³/mol. The van der Waals surface area contributed by atoms with Crippen LogP contribution in [0, 0.1) is 11.3 Å². The minimum atomic E-state index is -1.23. The van der Waals surface area contributed by atoms with Crippen LogP contribution in [0.25, 0.3) is 10.9 Å². The molecule has 1 amide bonds. The number of carbonyl (C=O) groups is 2. The van der Waals surface area contributed by atoms with Crippen molar-refractivity contribution >= 4 is 28.5 Å². The van der Waals surface area contributed by atoms with E-state index in [2.05, 4.69) is 5.32 Å². The normalized spacial score (nSPS) is 10.5. The molecule has 0 aliphatic heterocycles. The van der Waals surface area contributed by atoms with E-state index < -0.39 is 11.9 Å². The molecule has 0 aliphatic carbocycles. The number of fused-ring (bicyclic) bond motifs is 1. The number of nitrogens with zero attached hydrogens (tertiary/aromatic N) is 2. The molecule has 0 radical (unpaired) electrons. The van der Waals surface area contributed by atoms with Crippen molar-refractivity contribution in [2.24, 2.45) is 7.05 Å². The molecule has 32 heavy (non-hydrogen) atoms. The van der Waals surface area contributed by atoms with Crippen molar-refractivity contribution in [3.8, 4) is 11.8 Å². The van der Waals surface area contributed by atoms with Gasteiger partial charge in [0.2, 0.25) is 0 Å². The first kappa shape index (κ1) is 20.7. The molecule has 0 saturated carbocycles. The Morgan fingerprint density at radius 3 is 2.53 bits per heavy atom. The molecular weight excluding hydrogens is 406 g/mol. The van der Waals surface area contributed by atoms with Crippen molar-refractivity contribution in [1.29, 1.82) is 5.26 Å². The fourth-order valence-electron chi connectivity index (χ4n) is 3.58. The number of amides is 1. The molecule has 1 heterocycles. The first-order chi connectivity index (χ1) is 15.5. The zero-order valence-corrected chi connectivity index (χ0v) is 17.2. The quantitative estimate of drug-likeness (QED) is 0.471. The molecule has 3 aromatic carbocycles. The van der Waals surface area contributed by atoms with E-state index in [1.54, 1.807) is 17.7 Å². The topological polar surface area (TPSA) is 104 Å². The second-order valence-electron chi connectivity index (χ2n) is 7.16. The van der Waals surface area contributed by atoms with Crippen LogP contribution in [0.4, 0.5) is 5.69 Å². The number of para-hydroxylation sites is 2. The van der Waals surface area contributed by atoms with Crippen LogP contribution >= 0.6 is 0 Å². The Morgan fingerprint density at radius 1 is 1.06 bits per heavy atom. The van der Waals surface area contributed by atoms with Crippen LogP contribution in [-0.4, -0.2) is 21.6 Å². The molecule has 0 unspecified atom stereocenters. The van der Waals surface area contributed by atoms with Gasteiger partial charge in [0.15, 0.2) is 0 Å². The second-order valence-corrected chi connectivity index (χ2v) is 7.16. The number of benzene rings is 3. The number of carboxylic acids is 1. The Hall–Kier alpha value is -4.57. The highest BCUT2D eigenvalue weighted by Gasteiger charge is 2.21. The highest BCUT2D eigenvalue weighted by atomic mass is 16.5. The van der Waals surface area contributed by atoms with Crippen molar-refractivity contribution < 1.29 is 19.4 Å². The van der Waals surface area contributed by atoms with E-state index in [9.17, 15) is 20.0 Å². The molecule has 0 aliphatic rings. The second kappa shape index (κ2) is 8.66. The maximum Gasteiger partial charge on any atom is 0.337 e. The summed E-state index contributed by atoms with van der Waals surface area (Å²) in [5.74, 6) is -1.13. The maximum absolute atomic E-state index is 13.1. The molecular formula is C25H19N3O4. The average Bonchev–Trinajstić information content (AvgIpc) is 3.15. The molecule has 1 aromatic heterocycles. The highest BCUT2D eigenvalue weighted by Crippen LogP contribution is 2.30. The van der Waals surface area contributed by atoms with Crippen molar-refractivity contribution in [3.05, 3.63) is 95.2 Å². The lowest BCUT2D eigenvalue weighted by atomic mass is 10.1. The van der Waals surface area contributed by atoms with Crippen molar-refractivity contribution in [2.75, 3.05) is 5.32 Å². The van der Waals surface area contributed by atoms with Gasteiger partial charge < -0.3 is 19.7 Å². The van der Waals surface area contributed by atoms with Gasteiger partial charge in [-0.1, -0.05) is 48.5 Å². The van der Waals surface area contributed by atoms with Crippen LogP contribution in [-0.2, 0) is 13.7 Å². The van der Waals surface area contributed by atoms with E-state index in [-0.39, 0.29) is 16.8 Å². The maximum atomic E-state index is 13.1. The molecule has 0 fully saturated rings. The summed E-state index contributed by atoms with van der Waals surface area (Å²) in [5.41, 5.74) is 1.96. The number of hydrogen-bond donors (Lipinski definition) is 2. The number of rotatable bonds is 6. The van der Waals surface area contributed by atoms with E-state index in [0.29, 0.717) is 18.1 Å². The summed E-state index contributed by atoms with van der Waals surface area (Å²) >= 11 is 0. The number of hydrogen-bond acceptors (Lipinski definition) is 4. The number of aromatic carboxylic acids is 1. The summed E-state index contributed by atoms with van der Waals surface area (Å²) in [7, 11) is 1.74. The van der Waals surface area contributed by atoms with Gasteiger partial charge in [-0.2, -0.15) is 5.26 Å². The van der Waals surface area contributed by atoms with Gasteiger partial charge in [-0.15, -0.1) is 0 Å². The largest absolute Gasteiger partial charge is 0.487 e. The van der Waals surface area contributed by atoms with E-state index in [1.807, 2.05) is 54.6 Å². The Morgan fingerprint density at radius 2 is 1.81 bits per heavy atom. The summed E-state index contributed by atoms with van der Waals surface area (Å²) in [4.78, 5) is 24.6. The Kier molecular flexibility index (Phi) is 5.60. The number of nitrogens with one attached hydrogen (secondary N) is 1. The average molecular weight is 425 g/mol. The van der Waals surface area contributed by atoms with E-state index >= 15 is 0 Å². The summed E-state index contributed by atoms with van der Waals surface area (Å²) in [6.45, 7) is 0.379. The number of aryl methyl sites for hydroxylation is 1. The Balaban J connectivity index is 1.68. The number of ether oxygens (including phenoxy) is 1. The highest BCUT2D eigenvalue weighted by molar-refractivity contribution is 6.10. The number of aromatic nitrogens is 1. The van der Waals surface area contributed by atoms with Gasteiger partial charge in [-0.25, -0.2) is 4.79 Å². The van der Waals surface area contributed by atoms with Crippen LogP contribution < -0.4 is 10.1 Å². The summed E-state index contributed by atoms with van der Waals surface area (Å²) in [6, 6.07) is 23.2. The van der Waals surface area contributed by atoms with Gasteiger partial charge in [0, 0.05) is 12.4 Å². The summed E-state index contributed by atoms with van der Waals surface area (Å²) in [5, 5.41) is 22.2. The van der Waals surface area contributed by atoms with Gasteiger partial charge in [0.25, 0.3) is 5.91 Å². The summed E-state index contributed by atoms with van der Waals surface area (Å²) < 4.78 is 7.71. The zero-order valence-electron chi connectivity index (χ0n) is 17.2. The summed E-state index contributed by atoms with van der Waals surface area (Å²) in [6.07, 6.45) is 0. The molecule has 0 spiro atoms. The van der Waals surface area contributed by atoms with Crippen LogP contribution in [0.3, 0.4) is 0 Å². The third-order valence-corrected chi connectivity index (χ3v) is 5.14. The van der Waals surface area contributed by atoms with Gasteiger partial charge >= 0.3 is 5.97 Å². The van der Waals surface area contributed by atoms with Gasteiger partial charge in [0.05, 0.1) is 22.3 Å². The molecule has 7 heteroatoms. The van der Waals surface area contributed by atoms with Crippen LogP contribution in [0.1, 0.15) is 32.0 Å². The Labute approximate surface area is 184 Å². The van der Waals surface area contributed by atoms with Crippen LogP contribution in [0.15, 0.2) is 72.8 Å². The first-order valence-electron chi connectivity index (χ1n) is 9.82. The Bertz CT molecular complexity index is 1370. The van der Waals surface area contributed by atoms with Crippen LogP contribution in [0.2, 0.25) is 0 Å². The smallest absolute Gasteiger partial charge is 0.337 e. The molecule has 158 valence electrons. The molecule has 4 rings (SSSR count). The van der Waals surface area contributed by atoms with E-state index in [0.717, 1.165) is 16.5 Å². The molecule has 7 nitrogen and oxygen atoms in total. The zero-order chi connectivity index (χ0) is 22.7. The van der Waals surface area contributed by atoms with Crippen LogP contribution in [0.5, 0.6) is 5.75 Å². The molecule has 4 aromatic rings. The van der Waals surface area contributed by atoms with E-state index in [1.165, 1.54) is 18.2 Å². The van der Waals surface area contributed by atoms with Crippen molar-refractivity contribution in [1.82, 2.24) is 4.57 Å². The molecule has 0 atom stereocenters. The molecule has 2 N–H and O–H groups in total. The molecule has 0 bridgehead atoms. The first-order valence-corrected chi connectivity index (χ1v) is 9.82. The minimum absolute atomic E-state index is 0.0293. The lowest BCUT2D eigenvalue weighted by molar-refractivity contribution is 0.0698. The predicted octanol–water partition coefficient (Wildman–Crippen LogP) is 4.58. The SMILES string of the molecule is Cn1c(C(=O)Nc2c(C#N)cccc2C(=O)O)cc2cccc(OCc3ccccc3)c21. The van der Waals surface area contributed by atoms with Gasteiger partial charge in [-0.05, 0) is 29.8 Å². The molecule has 0 saturated heterocycles. The third-order valence-electron chi connectivity index (χ3n) is 5.14. The number of anilines is 1. The third kappa shape index (κ3) is 3.89. The standard InChI is InChI=1S/C25H19N3O4/c1-28-20(24(29)27-22-18(14-26)10-5-11-19(22)25(30)31)13-17-9-6-12-21(23(17)28)32-15-16-7-3-2-4-8-16/h2-13H,15H2,1H3,(H,27,29)(H,30,31). The van der Waals surface area contributed by atoms with E-state index in [4.69, 9.17) is 4.74 Å².